The maximum absolute atomic E-state index is 6.49. The van der Waals surface area contributed by atoms with E-state index in [0.29, 0.717) is 12.1 Å². The van der Waals surface area contributed by atoms with E-state index in [1.165, 1.54) is 5.56 Å². The van der Waals surface area contributed by atoms with Crippen molar-refractivity contribution in [1.29, 1.82) is 0 Å². The van der Waals surface area contributed by atoms with Crippen LogP contribution in [0.4, 0.5) is 0 Å². The van der Waals surface area contributed by atoms with Crippen LogP contribution in [0.15, 0.2) is 41.4 Å². The van der Waals surface area contributed by atoms with Crippen LogP contribution in [-0.2, 0) is 21.7 Å². The van der Waals surface area contributed by atoms with Gasteiger partial charge in [0.15, 0.2) is 0 Å². The number of hydrogen-bond acceptors (Lipinski definition) is 5. The van der Waals surface area contributed by atoms with E-state index in [1.807, 2.05) is 19.2 Å². The predicted octanol–water partition coefficient (Wildman–Crippen LogP) is 4.79. The van der Waals surface area contributed by atoms with Gasteiger partial charge in [0.25, 0.3) is 0 Å². The van der Waals surface area contributed by atoms with Crippen LogP contribution in [0.25, 0.3) is 11.1 Å². The van der Waals surface area contributed by atoms with Crippen LogP contribution in [0.1, 0.15) is 42.4 Å². The number of benzene rings is 2. The Hall–Kier alpha value is -2.08. The normalized spacial score (nSPS) is 30.2. The van der Waals surface area contributed by atoms with Gasteiger partial charge in [-0.1, -0.05) is 29.8 Å². The summed E-state index contributed by atoms with van der Waals surface area (Å²) in [6.45, 7) is 2.06. The standard InChI is InChI=1S/C24H28ClN3O2/c1-15-10-18(12-19(25)11-15)16-4-5-17-14-23(8-6-20(29-3)7-9-23)24(21(17)13-16)27-22(26)28(2)30-24/h4-5,10-13,20H,6-9,14H2,1-3H3,(H2,26,27). The quantitative estimate of drug-likeness (QED) is 0.751. The molecule has 2 aromatic carbocycles. The average Bonchev–Trinajstić information content (AvgIpc) is 3.15. The summed E-state index contributed by atoms with van der Waals surface area (Å²) in [5.41, 5.74) is 11.1. The van der Waals surface area contributed by atoms with Gasteiger partial charge in [-0.3, -0.25) is 0 Å². The van der Waals surface area contributed by atoms with Gasteiger partial charge >= 0.3 is 0 Å². The molecule has 6 heteroatoms. The zero-order valence-corrected chi connectivity index (χ0v) is 18.5. The highest BCUT2D eigenvalue weighted by Gasteiger charge is 2.63. The van der Waals surface area contributed by atoms with Crippen LogP contribution in [0.5, 0.6) is 0 Å². The summed E-state index contributed by atoms with van der Waals surface area (Å²) in [6, 6.07) is 12.8. The molecule has 0 saturated heterocycles. The molecule has 5 rings (SSSR count). The van der Waals surface area contributed by atoms with Crippen molar-refractivity contribution in [2.75, 3.05) is 14.2 Å². The molecular weight excluding hydrogens is 398 g/mol. The first-order chi connectivity index (χ1) is 14.4. The van der Waals surface area contributed by atoms with Crippen molar-refractivity contribution < 1.29 is 9.57 Å². The van der Waals surface area contributed by atoms with Gasteiger partial charge in [-0.2, -0.15) is 0 Å². The summed E-state index contributed by atoms with van der Waals surface area (Å²) >= 11 is 6.34. The molecule has 2 spiro atoms. The van der Waals surface area contributed by atoms with E-state index in [0.717, 1.165) is 59.4 Å². The fraction of sp³-hybridized carbons (Fsp3) is 0.458. The van der Waals surface area contributed by atoms with Gasteiger partial charge in [-0.25, -0.2) is 14.9 Å². The zero-order valence-electron chi connectivity index (χ0n) is 17.7. The number of aryl methyl sites for hydroxylation is 1. The van der Waals surface area contributed by atoms with E-state index in [2.05, 4.69) is 31.2 Å². The third-order valence-electron chi connectivity index (χ3n) is 7.18. The number of halogens is 1. The topological polar surface area (TPSA) is 60.1 Å². The minimum absolute atomic E-state index is 0.109. The van der Waals surface area contributed by atoms with Crippen molar-refractivity contribution >= 4 is 17.6 Å². The molecule has 1 atom stereocenters. The Morgan fingerprint density at radius 1 is 1.17 bits per heavy atom. The number of aliphatic imine (C=N–C) groups is 1. The molecule has 0 amide bonds. The molecular formula is C24H28ClN3O2. The van der Waals surface area contributed by atoms with E-state index in [1.54, 1.807) is 12.2 Å². The highest BCUT2D eigenvalue weighted by atomic mass is 35.5. The maximum Gasteiger partial charge on any atom is 0.220 e. The maximum atomic E-state index is 6.49. The Bertz CT molecular complexity index is 1010. The number of nitrogens with two attached hydrogens (primary N) is 1. The lowest BCUT2D eigenvalue weighted by Crippen LogP contribution is -2.46. The Morgan fingerprint density at radius 2 is 1.93 bits per heavy atom. The Morgan fingerprint density at radius 3 is 2.57 bits per heavy atom. The van der Waals surface area contributed by atoms with E-state index >= 15 is 0 Å². The number of rotatable bonds is 2. The van der Waals surface area contributed by atoms with E-state index in [-0.39, 0.29) is 5.41 Å². The molecule has 3 aliphatic rings. The Kier molecular flexibility index (Phi) is 4.62. The number of methoxy groups -OCH3 is 1. The molecule has 158 valence electrons. The highest BCUT2D eigenvalue weighted by Crippen LogP contribution is 2.62. The van der Waals surface area contributed by atoms with Crippen LogP contribution in [-0.4, -0.2) is 31.3 Å². The van der Waals surface area contributed by atoms with Crippen LogP contribution >= 0.6 is 11.6 Å². The first-order valence-corrected chi connectivity index (χ1v) is 11.0. The van der Waals surface area contributed by atoms with Crippen molar-refractivity contribution in [3.05, 3.63) is 58.1 Å². The summed E-state index contributed by atoms with van der Waals surface area (Å²) in [6.07, 6.45) is 5.26. The smallest absolute Gasteiger partial charge is 0.220 e. The fourth-order valence-corrected chi connectivity index (χ4v) is 5.91. The average molecular weight is 426 g/mol. The molecule has 1 fully saturated rings. The largest absolute Gasteiger partial charge is 0.381 e. The predicted molar refractivity (Wildman–Crippen MR) is 119 cm³/mol. The van der Waals surface area contributed by atoms with E-state index < -0.39 is 5.72 Å². The van der Waals surface area contributed by atoms with Gasteiger partial charge in [0.1, 0.15) is 0 Å². The van der Waals surface area contributed by atoms with Crippen molar-refractivity contribution in [2.45, 2.75) is 50.9 Å². The SMILES string of the molecule is COC1CCC2(CC1)Cc1ccc(-c3cc(C)cc(Cl)c3)cc1C21N=C(N)N(C)O1. The minimum atomic E-state index is -0.774. The molecule has 2 aliphatic carbocycles. The molecule has 1 unspecified atom stereocenters. The van der Waals surface area contributed by atoms with Gasteiger partial charge in [0.2, 0.25) is 11.7 Å². The second kappa shape index (κ2) is 6.98. The van der Waals surface area contributed by atoms with Gasteiger partial charge < -0.3 is 10.5 Å². The molecule has 2 aromatic rings. The fourth-order valence-electron chi connectivity index (χ4n) is 5.62. The summed E-state index contributed by atoms with van der Waals surface area (Å²) in [5.74, 6) is 0.431. The summed E-state index contributed by atoms with van der Waals surface area (Å²) < 4.78 is 5.64. The van der Waals surface area contributed by atoms with Gasteiger partial charge in [-0.15, -0.1) is 0 Å². The van der Waals surface area contributed by atoms with Crippen molar-refractivity contribution in [3.8, 4) is 11.1 Å². The monoisotopic (exact) mass is 425 g/mol. The van der Waals surface area contributed by atoms with Crippen molar-refractivity contribution in [3.63, 3.8) is 0 Å². The number of ether oxygens (including phenoxy) is 1. The first kappa shape index (κ1) is 19.9. The first-order valence-electron chi connectivity index (χ1n) is 10.6. The molecule has 0 aromatic heterocycles. The minimum Gasteiger partial charge on any atom is -0.381 e. The van der Waals surface area contributed by atoms with Gasteiger partial charge in [0.05, 0.1) is 6.10 Å². The molecule has 2 N–H and O–H groups in total. The molecule has 0 radical (unpaired) electrons. The van der Waals surface area contributed by atoms with Crippen LogP contribution < -0.4 is 5.73 Å². The summed E-state index contributed by atoms with van der Waals surface area (Å²) in [7, 11) is 3.64. The molecule has 30 heavy (non-hydrogen) atoms. The summed E-state index contributed by atoms with van der Waals surface area (Å²) in [4.78, 5) is 11.5. The van der Waals surface area contributed by atoms with E-state index in [9.17, 15) is 0 Å². The lowest BCUT2D eigenvalue weighted by molar-refractivity contribution is -0.232. The molecule has 5 nitrogen and oxygen atoms in total. The van der Waals surface area contributed by atoms with Crippen molar-refractivity contribution in [1.82, 2.24) is 5.06 Å². The number of hydrogen-bond donors (Lipinski definition) is 1. The molecule has 1 heterocycles. The Labute approximate surface area is 182 Å². The van der Waals surface area contributed by atoms with Crippen molar-refractivity contribution in [2.24, 2.45) is 16.1 Å². The lowest BCUT2D eigenvalue weighted by atomic mass is 9.66. The zero-order chi connectivity index (χ0) is 21.1. The van der Waals surface area contributed by atoms with Gasteiger partial charge in [-0.05, 0) is 79.5 Å². The van der Waals surface area contributed by atoms with Crippen LogP contribution in [0, 0.1) is 12.3 Å². The second-order valence-corrected chi connectivity index (χ2v) is 9.42. The molecule has 1 aliphatic heterocycles. The summed E-state index contributed by atoms with van der Waals surface area (Å²) in [5, 5.41) is 2.36. The Balaban J connectivity index is 1.63. The number of hydroxylamine groups is 2. The third-order valence-corrected chi connectivity index (χ3v) is 7.40. The number of nitrogens with zero attached hydrogens (tertiary/aromatic N) is 2. The lowest BCUT2D eigenvalue weighted by Gasteiger charge is -2.45. The van der Waals surface area contributed by atoms with Gasteiger partial charge in [0, 0.05) is 30.2 Å². The molecule has 0 bridgehead atoms. The number of fused-ring (bicyclic) bond motifs is 3. The van der Waals surface area contributed by atoms with Crippen LogP contribution in [0.3, 0.4) is 0 Å². The highest BCUT2D eigenvalue weighted by molar-refractivity contribution is 6.31. The van der Waals surface area contributed by atoms with E-state index in [4.69, 9.17) is 31.9 Å². The third kappa shape index (κ3) is 2.87. The van der Waals surface area contributed by atoms with Crippen LogP contribution in [0.2, 0.25) is 5.02 Å². The molecule has 1 saturated carbocycles. The second-order valence-electron chi connectivity index (χ2n) is 8.98. The number of guanidine groups is 1.